The van der Waals surface area contributed by atoms with E-state index in [0.717, 1.165) is 22.9 Å². The fourth-order valence-corrected chi connectivity index (χ4v) is 4.07. The van der Waals surface area contributed by atoms with Gasteiger partial charge in [0.15, 0.2) is 11.5 Å². The second kappa shape index (κ2) is 9.62. The minimum atomic E-state index is -0.478. The van der Waals surface area contributed by atoms with E-state index < -0.39 is 11.8 Å². The minimum absolute atomic E-state index is 0.326. The SMILES string of the molecule is CCCCOc1ccc(C(=O)NNC(=O)c2sc3ccccc3c2Cl)cc1OC. The van der Waals surface area contributed by atoms with Gasteiger partial charge in [0, 0.05) is 15.6 Å². The fraction of sp³-hybridized carbons (Fsp3) is 0.238. The lowest BCUT2D eigenvalue weighted by Gasteiger charge is -2.12. The average Bonchev–Trinajstić information content (AvgIpc) is 3.09. The first-order chi connectivity index (χ1) is 14.0. The normalized spacial score (nSPS) is 10.6. The average molecular weight is 433 g/mol. The van der Waals surface area contributed by atoms with Crippen molar-refractivity contribution in [2.24, 2.45) is 0 Å². The van der Waals surface area contributed by atoms with Gasteiger partial charge in [-0.05, 0) is 30.7 Å². The van der Waals surface area contributed by atoms with Crippen LogP contribution < -0.4 is 20.3 Å². The van der Waals surface area contributed by atoms with E-state index in [-0.39, 0.29) is 0 Å². The highest BCUT2D eigenvalue weighted by Crippen LogP contribution is 2.35. The molecule has 3 rings (SSSR count). The van der Waals surface area contributed by atoms with Crippen LogP contribution in [0.2, 0.25) is 5.02 Å². The molecule has 0 aliphatic rings. The second-order valence-electron chi connectivity index (χ2n) is 6.22. The maximum absolute atomic E-state index is 12.5. The molecule has 29 heavy (non-hydrogen) atoms. The lowest BCUT2D eigenvalue weighted by molar-refractivity contribution is 0.0849. The third kappa shape index (κ3) is 4.81. The summed E-state index contributed by atoms with van der Waals surface area (Å²) in [4.78, 5) is 25.2. The highest BCUT2D eigenvalue weighted by atomic mass is 35.5. The first-order valence-corrected chi connectivity index (χ1v) is 10.3. The molecular weight excluding hydrogens is 412 g/mol. The number of halogens is 1. The molecule has 0 bridgehead atoms. The van der Waals surface area contributed by atoms with Crippen LogP contribution in [-0.2, 0) is 0 Å². The van der Waals surface area contributed by atoms with Crippen molar-refractivity contribution in [1.29, 1.82) is 0 Å². The number of methoxy groups -OCH3 is 1. The summed E-state index contributed by atoms with van der Waals surface area (Å²) in [6.07, 6.45) is 1.95. The van der Waals surface area contributed by atoms with Gasteiger partial charge in [-0.25, -0.2) is 0 Å². The summed E-state index contributed by atoms with van der Waals surface area (Å²) in [5, 5.41) is 1.17. The number of carbonyl (C=O) groups excluding carboxylic acids is 2. The molecule has 0 spiro atoms. The Hall–Kier alpha value is -2.77. The first-order valence-electron chi connectivity index (χ1n) is 9.13. The van der Waals surface area contributed by atoms with E-state index in [4.69, 9.17) is 21.1 Å². The van der Waals surface area contributed by atoms with E-state index in [1.165, 1.54) is 18.4 Å². The van der Waals surface area contributed by atoms with Crippen molar-refractivity contribution in [1.82, 2.24) is 10.9 Å². The number of hydrogen-bond donors (Lipinski definition) is 2. The van der Waals surface area contributed by atoms with E-state index in [2.05, 4.69) is 17.8 Å². The van der Waals surface area contributed by atoms with Crippen LogP contribution in [0.4, 0.5) is 0 Å². The smallest absolute Gasteiger partial charge is 0.281 e. The summed E-state index contributed by atoms with van der Waals surface area (Å²) in [6.45, 7) is 2.65. The number of thiophene rings is 1. The van der Waals surface area contributed by atoms with Crippen LogP contribution in [0.3, 0.4) is 0 Å². The van der Waals surface area contributed by atoms with Gasteiger partial charge in [-0.3, -0.25) is 20.4 Å². The molecule has 0 fully saturated rings. The Balaban J connectivity index is 1.66. The van der Waals surface area contributed by atoms with E-state index in [0.29, 0.717) is 33.6 Å². The van der Waals surface area contributed by atoms with Crippen molar-refractivity contribution < 1.29 is 19.1 Å². The Morgan fingerprint density at radius 1 is 1.07 bits per heavy atom. The zero-order valence-corrected chi connectivity index (χ0v) is 17.7. The highest BCUT2D eigenvalue weighted by molar-refractivity contribution is 7.21. The number of benzene rings is 2. The summed E-state index contributed by atoms with van der Waals surface area (Å²) in [7, 11) is 1.51. The molecule has 1 heterocycles. The number of hydrogen-bond acceptors (Lipinski definition) is 5. The van der Waals surface area contributed by atoms with E-state index in [9.17, 15) is 9.59 Å². The van der Waals surface area contributed by atoms with Crippen LogP contribution in [0.25, 0.3) is 10.1 Å². The number of fused-ring (bicyclic) bond motifs is 1. The van der Waals surface area contributed by atoms with E-state index in [1.54, 1.807) is 18.2 Å². The predicted molar refractivity (Wildman–Crippen MR) is 115 cm³/mol. The summed E-state index contributed by atoms with van der Waals surface area (Å²) in [5.41, 5.74) is 5.14. The topological polar surface area (TPSA) is 76.7 Å². The zero-order chi connectivity index (χ0) is 20.8. The molecular formula is C21H21ClN2O4S. The number of ether oxygens (including phenoxy) is 2. The number of carbonyl (C=O) groups is 2. The molecule has 0 unspecified atom stereocenters. The number of amides is 2. The molecule has 0 aliphatic carbocycles. The Morgan fingerprint density at radius 2 is 1.83 bits per heavy atom. The molecule has 6 nitrogen and oxygen atoms in total. The summed E-state index contributed by atoms with van der Waals surface area (Å²) >= 11 is 7.56. The van der Waals surface area contributed by atoms with Crippen molar-refractivity contribution >= 4 is 44.8 Å². The Bertz CT molecular complexity index is 1030. The van der Waals surface area contributed by atoms with Gasteiger partial charge < -0.3 is 9.47 Å². The van der Waals surface area contributed by atoms with Crippen LogP contribution in [0.5, 0.6) is 11.5 Å². The van der Waals surface area contributed by atoms with Gasteiger partial charge in [0.05, 0.1) is 18.7 Å². The molecule has 2 aromatic carbocycles. The molecule has 2 N–H and O–H groups in total. The quantitative estimate of drug-likeness (QED) is 0.414. The van der Waals surface area contributed by atoms with Crippen molar-refractivity contribution in [3.63, 3.8) is 0 Å². The van der Waals surface area contributed by atoms with Gasteiger partial charge in [0.2, 0.25) is 0 Å². The van der Waals surface area contributed by atoms with Gasteiger partial charge in [-0.2, -0.15) is 0 Å². The fourth-order valence-electron chi connectivity index (χ4n) is 2.66. The Morgan fingerprint density at radius 3 is 2.55 bits per heavy atom. The molecule has 8 heteroatoms. The van der Waals surface area contributed by atoms with Gasteiger partial charge in [-0.15, -0.1) is 11.3 Å². The van der Waals surface area contributed by atoms with Gasteiger partial charge >= 0.3 is 0 Å². The van der Waals surface area contributed by atoms with Crippen molar-refractivity contribution in [3.05, 3.63) is 57.9 Å². The van der Waals surface area contributed by atoms with Gasteiger partial charge in [-0.1, -0.05) is 43.1 Å². The predicted octanol–water partition coefficient (Wildman–Crippen LogP) is 4.82. The third-order valence-electron chi connectivity index (χ3n) is 4.21. The van der Waals surface area contributed by atoms with Crippen LogP contribution >= 0.6 is 22.9 Å². The molecule has 3 aromatic rings. The Labute approximate surface area is 177 Å². The van der Waals surface area contributed by atoms with Crippen LogP contribution in [0.1, 0.15) is 39.8 Å². The highest BCUT2D eigenvalue weighted by Gasteiger charge is 2.18. The summed E-state index contributed by atoms with van der Waals surface area (Å²) < 4.78 is 11.9. The maximum Gasteiger partial charge on any atom is 0.281 e. The Kier molecular flexibility index (Phi) is 6.95. The number of rotatable bonds is 7. The van der Waals surface area contributed by atoms with Crippen LogP contribution in [-0.4, -0.2) is 25.5 Å². The molecule has 0 saturated heterocycles. The molecule has 0 radical (unpaired) electrons. The van der Waals surface area contributed by atoms with Crippen molar-refractivity contribution in [2.75, 3.05) is 13.7 Å². The molecule has 0 aliphatic heterocycles. The monoisotopic (exact) mass is 432 g/mol. The van der Waals surface area contributed by atoms with E-state index >= 15 is 0 Å². The van der Waals surface area contributed by atoms with Crippen molar-refractivity contribution in [3.8, 4) is 11.5 Å². The lowest BCUT2D eigenvalue weighted by atomic mass is 10.2. The number of unbranched alkanes of at least 4 members (excludes halogenated alkanes) is 1. The first kappa shape index (κ1) is 21.0. The zero-order valence-electron chi connectivity index (χ0n) is 16.1. The molecule has 0 saturated carbocycles. The van der Waals surface area contributed by atoms with Crippen LogP contribution in [0, 0.1) is 0 Å². The summed E-state index contributed by atoms with van der Waals surface area (Å²) in [5.74, 6) is 0.0660. The minimum Gasteiger partial charge on any atom is -0.493 e. The molecule has 152 valence electrons. The lowest BCUT2D eigenvalue weighted by Crippen LogP contribution is -2.41. The number of hydrazine groups is 1. The summed E-state index contributed by atoms with van der Waals surface area (Å²) in [6, 6.07) is 12.3. The molecule has 1 aromatic heterocycles. The van der Waals surface area contributed by atoms with E-state index in [1.807, 2.05) is 24.3 Å². The van der Waals surface area contributed by atoms with Gasteiger partial charge in [0.1, 0.15) is 4.88 Å². The van der Waals surface area contributed by atoms with Gasteiger partial charge in [0.25, 0.3) is 11.8 Å². The molecule has 2 amide bonds. The van der Waals surface area contributed by atoms with Crippen LogP contribution in [0.15, 0.2) is 42.5 Å². The standard InChI is InChI=1S/C21H21ClN2O4S/c1-3-4-11-28-15-10-9-13(12-16(15)27-2)20(25)23-24-21(26)19-18(22)14-7-5-6-8-17(14)29-19/h5-10,12H,3-4,11H2,1-2H3,(H,23,25)(H,24,26). The third-order valence-corrected chi connectivity index (χ3v) is 5.89. The second-order valence-corrected chi connectivity index (χ2v) is 7.65. The maximum atomic E-state index is 12.5. The largest absolute Gasteiger partial charge is 0.493 e. The molecule has 0 atom stereocenters. The number of nitrogens with one attached hydrogen (secondary N) is 2. The van der Waals surface area contributed by atoms with Crippen molar-refractivity contribution in [2.45, 2.75) is 19.8 Å².